The third kappa shape index (κ3) is 5.37. The summed E-state index contributed by atoms with van der Waals surface area (Å²) in [6.45, 7) is 6.46. The van der Waals surface area contributed by atoms with Crippen LogP contribution in [0.3, 0.4) is 0 Å². The van der Waals surface area contributed by atoms with Gasteiger partial charge in [-0.15, -0.1) is 0 Å². The van der Waals surface area contributed by atoms with Gasteiger partial charge in [0.05, 0.1) is 0 Å². The number of halogens is 1. The SMILES string of the molecule is CCNc1cc(C(=O)NCCN2CCSCC2)cc(Cl)n1. The first-order chi connectivity index (χ1) is 10.2. The first-order valence-corrected chi connectivity index (χ1v) is 8.72. The van der Waals surface area contributed by atoms with E-state index in [1.165, 1.54) is 11.5 Å². The molecule has 1 aliphatic rings. The number of nitrogens with zero attached hydrogens (tertiary/aromatic N) is 2. The molecule has 0 aromatic carbocycles. The maximum atomic E-state index is 12.1. The zero-order valence-electron chi connectivity index (χ0n) is 12.2. The van der Waals surface area contributed by atoms with Crippen molar-refractivity contribution in [3.63, 3.8) is 0 Å². The molecule has 0 radical (unpaired) electrons. The third-order valence-electron chi connectivity index (χ3n) is 3.23. The molecule has 1 aromatic rings. The molecular weight excluding hydrogens is 308 g/mol. The molecule has 1 saturated heterocycles. The zero-order chi connectivity index (χ0) is 15.1. The molecule has 1 aliphatic heterocycles. The number of pyridine rings is 1. The van der Waals surface area contributed by atoms with E-state index in [4.69, 9.17) is 11.6 Å². The van der Waals surface area contributed by atoms with Crippen LogP contribution in [0.25, 0.3) is 0 Å². The van der Waals surface area contributed by atoms with E-state index in [0.29, 0.717) is 23.1 Å². The number of thioether (sulfide) groups is 1. The monoisotopic (exact) mass is 328 g/mol. The molecule has 2 N–H and O–H groups in total. The average Bonchev–Trinajstić information content (AvgIpc) is 2.48. The van der Waals surface area contributed by atoms with Gasteiger partial charge in [0.1, 0.15) is 11.0 Å². The fourth-order valence-electron chi connectivity index (χ4n) is 2.15. The van der Waals surface area contributed by atoms with Gasteiger partial charge in [-0.25, -0.2) is 4.98 Å². The van der Waals surface area contributed by atoms with Gasteiger partial charge in [-0.1, -0.05) is 11.6 Å². The Kier molecular flexibility index (Phi) is 6.60. The van der Waals surface area contributed by atoms with E-state index in [2.05, 4.69) is 20.5 Å². The van der Waals surface area contributed by atoms with Crippen molar-refractivity contribution in [2.24, 2.45) is 0 Å². The largest absolute Gasteiger partial charge is 0.370 e. The Morgan fingerprint density at radius 3 is 2.90 bits per heavy atom. The molecule has 1 aromatic heterocycles. The Balaban J connectivity index is 1.84. The summed E-state index contributed by atoms with van der Waals surface area (Å²) < 4.78 is 0. The summed E-state index contributed by atoms with van der Waals surface area (Å²) in [4.78, 5) is 18.6. The van der Waals surface area contributed by atoms with Gasteiger partial charge in [0.2, 0.25) is 0 Å². The molecular formula is C14H21ClN4OS. The van der Waals surface area contributed by atoms with Crippen LogP contribution in [-0.2, 0) is 0 Å². The molecule has 7 heteroatoms. The molecule has 0 aliphatic carbocycles. The number of carbonyl (C=O) groups is 1. The Morgan fingerprint density at radius 1 is 1.43 bits per heavy atom. The highest BCUT2D eigenvalue weighted by Crippen LogP contribution is 2.14. The molecule has 2 heterocycles. The van der Waals surface area contributed by atoms with E-state index < -0.39 is 0 Å². The minimum atomic E-state index is -0.107. The van der Waals surface area contributed by atoms with Crippen LogP contribution >= 0.6 is 23.4 Å². The lowest BCUT2D eigenvalue weighted by Gasteiger charge is -2.26. The van der Waals surface area contributed by atoms with E-state index >= 15 is 0 Å². The topological polar surface area (TPSA) is 57.3 Å². The Labute approximate surface area is 134 Å². The van der Waals surface area contributed by atoms with Crippen LogP contribution in [0, 0.1) is 0 Å². The highest BCUT2D eigenvalue weighted by atomic mass is 35.5. The quantitative estimate of drug-likeness (QED) is 0.782. The summed E-state index contributed by atoms with van der Waals surface area (Å²) in [5, 5.41) is 6.33. The number of hydrogen-bond acceptors (Lipinski definition) is 5. The van der Waals surface area contributed by atoms with Gasteiger partial charge in [0, 0.05) is 49.8 Å². The van der Waals surface area contributed by atoms with Crippen LogP contribution in [0.15, 0.2) is 12.1 Å². The lowest BCUT2D eigenvalue weighted by atomic mass is 10.2. The van der Waals surface area contributed by atoms with Crippen LogP contribution in [0.2, 0.25) is 5.15 Å². The predicted octanol–water partition coefficient (Wildman–Crippen LogP) is 1.95. The van der Waals surface area contributed by atoms with Crippen LogP contribution in [0.5, 0.6) is 0 Å². The zero-order valence-corrected chi connectivity index (χ0v) is 13.8. The summed E-state index contributed by atoms with van der Waals surface area (Å²) in [5.41, 5.74) is 0.542. The Bertz CT molecular complexity index is 480. The number of amides is 1. The minimum Gasteiger partial charge on any atom is -0.370 e. The van der Waals surface area contributed by atoms with E-state index in [1.807, 2.05) is 18.7 Å². The van der Waals surface area contributed by atoms with Gasteiger partial charge in [-0.2, -0.15) is 11.8 Å². The molecule has 0 bridgehead atoms. The summed E-state index contributed by atoms with van der Waals surface area (Å²) in [7, 11) is 0. The normalized spacial score (nSPS) is 15.7. The molecule has 0 unspecified atom stereocenters. The van der Waals surface area contributed by atoms with Gasteiger partial charge in [0.15, 0.2) is 0 Å². The molecule has 1 fully saturated rings. The second kappa shape index (κ2) is 8.46. The van der Waals surface area contributed by atoms with Gasteiger partial charge in [-0.3, -0.25) is 9.69 Å². The molecule has 1 amide bonds. The van der Waals surface area contributed by atoms with E-state index in [-0.39, 0.29) is 5.91 Å². The maximum absolute atomic E-state index is 12.1. The standard InChI is InChI=1S/C14H21ClN4OS/c1-2-16-13-10-11(9-12(15)18-13)14(20)17-3-4-19-5-7-21-8-6-19/h9-10H,2-8H2,1H3,(H,16,18)(H,17,20). The van der Waals surface area contributed by atoms with Gasteiger partial charge in [-0.05, 0) is 19.1 Å². The Morgan fingerprint density at radius 2 is 2.19 bits per heavy atom. The molecule has 2 rings (SSSR count). The number of anilines is 1. The fraction of sp³-hybridized carbons (Fsp3) is 0.571. The number of hydrogen-bond donors (Lipinski definition) is 2. The number of nitrogens with one attached hydrogen (secondary N) is 2. The van der Waals surface area contributed by atoms with Crippen LogP contribution in [-0.4, -0.2) is 60.0 Å². The van der Waals surface area contributed by atoms with Crippen molar-refractivity contribution in [2.75, 3.05) is 49.5 Å². The minimum absolute atomic E-state index is 0.107. The van der Waals surface area contributed by atoms with E-state index in [0.717, 1.165) is 26.2 Å². The fourth-order valence-corrected chi connectivity index (χ4v) is 3.34. The van der Waals surface area contributed by atoms with Gasteiger partial charge < -0.3 is 10.6 Å². The number of rotatable bonds is 6. The Hall–Kier alpha value is -0.980. The molecule has 0 spiro atoms. The van der Waals surface area contributed by atoms with Crippen molar-refractivity contribution < 1.29 is 4.79 Å². The first-order valence-electron chi connectivity index (χ1n) is 7.19. The van der Waals surface area contributed by atoms with E-state index in [1.54, 1.807) is 12.1 Å². The highest BCUT2D eigenvalue weighted by molar-refractivity contribution is 7.99. The smallest absolute Gasteiger partial charge is 0.251 e. The second-order valence-electron chi connectivity index (χ2n) is 4.80. The predicted molar refractivity (Wildman–Crippen MR) is 89.5 cm³/mol. The van der Waals surface area contributed by atoms with E-state index in [9.17, 15) is 4.79 Å². The summed E-state index contributed by atoms with van der Waals surface area (Å²) in [5.74, 6) is 2.88. The van der Waals surface area contributed by atoms with Gasteiger partial charge in [0.25, 0.3) is 5.91 Å². The van der Waals surface area contributed by atoms with Crippen molar-refractivity contribution >= 4 is 35.1 Å². The molecule has 21 heavy (non-hydrogen) atoms. The van der Waals surface area contributed by atoms with Crippen molar-refractivity contribution in [3.8, 4) is 0 Å². The van der Waals surface area contributed by atoms with Crippen molar-refractivity contribution in [2.45, 2.75) is 6.92 Å². The van der Waals surface area contributed by atoms with Crippen molar-refractivity contribution in [3.05, 3.63) is 22.8 Å². The second-order valence-corrected chi connectivity index (χ2v) is 6.42. The molecule has 0 saturated carbocycles. The summed E-state index contributed by atoms with van der Waals surface area (Å²) in [6, 6.07) is 3.32. The molecule has 0 atom stereocenters. The number of carbonyl (C=O) groups excluding carboxylic acids is 1. The van der Waals surface area contributed by atoms with Crippen molar-refractivity contribution in [1.29, 1.82) is 0 Å². The average molecular weight is 329 g/mol. The molecule has 5 nitrogen and oxygen atoms in total. The van der Waals surface area contributed by atoms with Crippen molar-refractivity contribution in [1.82, 2.24) is 15.2 Å². The summed E-state index contributed by atoms with van der Waals surface area (Å²) in [6.07, 6.45) is 0. The van der Waals surface area contributed by atoms with Crippen LogP contribution in [0.4, 0.5) is 5.82 Å². The lowest BCUT2D eigenvalue weighted by molar-refractivity contribution is 0.0949. The third-order valence-corrected chi connectivity index (χ3v) is 4.37. The summed E-state index contributed by atoms with van der Waals surface area (Å²) >= 11 is 7.93. The van der Waals surface area contributed by atoms with Gasteiger partial charge >= 0.3 is 0 Å². The first kappa shape index (κ1) is 16.4. The maximum Gasteiger partial charge on any atom is 0.251 e. The van der Waals surface area contributed by atoms with Crippen LogP contribution < -0.4 is 10.6 Å². The highest BCUT2D eigenvalue weighted by Gasteiger charge is 2.12. The lowest BCUT2D eigenvalue weighted by Crippen LogP contribution is -2.39. The van der Waals surface area contributed by atoms with Crippen LogP contribution in [0.1, 0.15) is 17.3 Å². The molecule has 116 valence electrons. The number of aromatic nitrogens is 1.